The number of rotatable bonds is 10. The van der Waals surface area contributed by atoms with Gasteiger partial charge in [0, 0.05) is 28.7 Å². The third-order valence-electron chi connectivity index (χ3n) is 5.64. The summed E-state index contributed by atoms with van der Waals surface area (Å²) in [6.45, 7) is 2.93. The number of hydrogen-bond donors (Lipinski definition) is 1. The number of para-hydroxylation sites is 1. The van der Waals surface area contributed by atoms with Gasteiger partial charge in [0.15, 0.2) is 0 Å². The summed E-state index contributed by atoms with van der Waals surface area (Å²) in [5.74, 6) is -1.05. The molecule has 0 aliphatic heterocycles. The van der Waals surface area contributed by atoms with E-state index in [4.69, 9.17) is 34.8 Å². The summed E-state index contributed by atoms with van der Waals surface area (Å²) in [6, 6.07) is 18.0. The maximum atomic E-state index is 13.8. The van der Waals surface area contributed by atoms with E-state index in [-0.39, 0.29) is 22.2 Å². The molecule has 196 valence electrons. The first kappa shape index (κ1) is 28.8. The van der Waals surface area contributed by atoms with Crippen LogP contribution in [0.5, 0.6) is 0 Å². The van der Waals surface area contributed by atoms with Gasteiger partial charge in [-0.2, -0.15) is 0 Å². The zero-order valence-electron chi connectivity index (χ0n) is 20.2. The third-order valence-corrected chi connectivity index (χ3v) is 8.44. The number of carbonyl (C=O) groups excluding carboxylic acids is 2. The molecule has 3 aromatic rings. The Morgan fingerprint density at radius 2 is 1.43 bits per heavy atom. The van der Waals surface area contributed by atoms with Gasteiger partial charge in [0.25, 0.3) is 10.0 Å². The summed E-state index contributed by atoms with van der Waals surface area (Å²) in [7, 11) is -4.20. The van der Waals surface area contributed by atoms with Gasteiger partial charge in [-0.25, -0.2) is 8.42 Å². The molecule has 0 saturated carbocycles. The molecule has 2 amide bonds. The molecule has 1 unspecified atom stereocenters. The second-order valence-electron chi connectivity index (χ2n) is 8.07. The Kier molecular flexibility index (Phi) is 9.84. The number of nitrogens with one attached hydrogen (secondary N) is 1. The molecule has 3 rings (SSSR count). The van der Waals surface area contributed by atoms with Gasteiger partial charge in [-0.1, -0.05) is 71.2 Å². The summed E-state index contributed by atoms with van der Waals surface area (Å²) in [6.07, 6.45) is 0. The fourth-order valence-electron chi connectivity index (χ4n) is 3.65. The summed E-state index contributed by atoms with van der Waals surface area (Å²) in [4.78, 5) is 27.8. The largest absolute Gasteiger partial charge is 0.355 e. The second-order valence-corrected chi connectivity index (χ2v) is 11.2. The van der Waals surface area contributed by atoms with Crippen LogP contribution >= 0.6 is 34.8 Å². The quantitative estimate of drug-likeness (QED) is 0.347. The predicted octanol–water partition coefficient (Wildman–Crippen LogP) is 5.40. The zero-order valence-corrected chi connectivity index (χ0v) is 23.3. The highest BCUT2D eigenvalue weighted by Gasteiger charge is 2.33. The Morgan fingerprint density at radius 1 is 0.865 bits per heavy atom. The minimum Gasteiger partial charge on any atom is -0.355 e. The van der Waals surface area contributed by atoms with E-state index in [0.717, 1.165) is 4.31 Å². The van der Waals surface area contributed by atoms with Crippen LogP contribution in [-0.4, -0.2) is 44.3 Å². The van der Waals surface area contributed by atoms with Crippen LogP contribution in [0, 0.1) is 0 Å². The molecule has 11 heteroatoms. The Labute approximate surface area is 232 Å². The number of halogens is 3. The Bertz CT molecular complexity index is 1350. The fraction of sp³-hybridized carbons (Fsp3) is 0.231. The molecule has 0 fully saturated rings. The smallest absolute Gasteiger partial charge is 0.264 e. The van der Waals surface area contributed by atoms with Crippen LogP contribution in [0.1, 0.15) is 19.4 Å². The fourth-order valence-corrected chi connectivity index (χ4v) is 5.90. The Hall–Kier alpha value is -2.78. The number of carbonyl (C=O) groups is 2. The maximum absolute atomic E-state index is 13.8. The molecule has 1 atom stereocenters. The number of hydrogen-bond acceptors (Lipinski definition) is 4. The van der Waals surface area contributed by atoms with Gasteiger partial charge < -0.3 is 10.2 Å². The van der Waals surface area contributed by atoms with Crippen molar-refractivity contribution in [1.29, 1.82) is 0 Å². The van der Waals surface area contributed by atoms with Crippen molar-refractivity contribution in [2.45, 2.75) is 31.3 Å². The van der Waals surface area contributed by atoms with Crippen molar-refractivity contribution < 1.29 is 18.0 Å². The lowest BCUT2D eigenvalue weighted by Crippen LogP contribution is -2.51. The van der Waals surface area contributed by atoms with E-state index in [1.807, 2.05) is 0 Å². The van der Waals surface area contributed by atoms with Gasteiger partial charge in [0.1, 0.15) is 12.6 Å². The molecule has 37 heavy (non-hydrogen) atoms. The molecule has 0 radical (unpaired) electrons. The molecule has 1 N–H and O–H groups in total. The van der Waals surface area contributed by atoms with Gasteiger partial charge in [-0.3, -0.25) is 13.9 Å². The van der Waals surface area contributed by atoms with Crippen molar-refractivity contribution in [2.75, 3.05) is 17.4 Å². The molecule has 0 aliphatic rings. The molecule has 0 saturated heterocycles. The van der Waals surface area contributed by atoms with Crippen molar-refractivity contribution in [3.05, 3.63) is 93.4 Å². The van der Waals surface area contributed by atoms with Crippen LogP contribution in [0.3, 0.4) is 0 Å². The van der Waals surface area contributed by atoms with Gasteiger partial charge >= 0.3 is 0 Å². The number of nitrogens with zero attached hydrogens (tertiary/aromatic N) is 2. The van der Waals surface area contributed by atoms with E-state index in [1.165, 1.54) is 29.2 Å². The molecule has 0 bridgehead atoms. The van der Waals surface area contributed by atoms with Gasteiger partial charge in [0.05, 0.1) is 15.6 Å². The number of anilines is 1. The minimum absolute atomic E-state index is 0.0137. The lowest BCUT2D eigenvalue weighted by Gasteiger charge is -2.32. The topological polar surface area (TPSA) is 86.8 Å². The molecule has 0 aliphatic carbocycles. The van der Waals surface area contributed by atoms with Crippen LogP contribution in [-0.2, 0) is 26.2 Å². The molecule has 0 heterocycles. The second kappa shape index (κ2) is 12.6. The Balaban J connectivity index is 2.07. The monoisotopic (exact) mass is 581 g/mol. The van der Waals surface area contributed by atoms with E-state index >= 15 is 0 Å². The van der Waals surface area contributed by atoms with Crippen LogP contribution in [0.25, 0.3) is 0 Å². The maximum Gasteiger partial charge on any atom is 0.264 e. The lowest BCUT2D eigenvalue weighted by atomic mass is 10.1. The number of benzene rings is 3. The third kappa shape index (κ3) is 6.76. The van der Waals surface area contributed by atoms with Crippen LogP contribution < -0.4 is 9.62 Å². The summed E-state index contributed by atoms with van der Waals surface area (Å²) in [5, 5.41) is 3.47. The van der Waals surface area contributed by atoms with Gasteiger partial charge in [0.2, 0.25) is 11.8 Å². The first-order valence-corrected chi connectivity index (χ1v) is 14.0. The van der Waals surface area contributed by atoms with Crippen molar-refractivity contribution in [3.63, 3.8) is 0 Å². The lowest BCUT2D eigenvalue weighted by molar-refractivity contribution is -0.139. The molecular formula is C26H26Cl3N3O4S. The number of sulfonamides is 1. The van der Waals surface area contributed by atoms with Crippen LogP contribution in [0.15, 0.2) is 77.7 Å². The number of amides is 2. The molecular weight excluding hydrogens is 557 g/mol. The summed E-state index contributed by atoms with van der Waals surface area (Å²) >= 11 is 19.1. The highest BCUT2D eigenvalue weighted by Crippen LogP contribution is 2.31. The van der Waals surface area contributed by atoms with Crippen molar-refractivity contribution in [1.82, 2.24) is 10.2 Å². The Morgan fingerprint density at radius 3 is 2.03 bits per heavy atom. The SMILES string of the molecule is CCNC(=O)C(C)N(Cc1c(Cl)cccc1Cl)C(=O)CN(c1ccccc1Cl)S(=O)(=O)c1ccccc1. The van der Waals surface area contributed by atoms with Crippen molar-refractivity contribution >= 4 is 62.3 Å². The van der Waals surface area contributed by atoms with E-state index in [0.29, 0.717) is 22.2 Å². The van der Waals surface area contributed by atoms with Crippen LogP contribution in [0.4, 0.5) is 5.69 Å². The number of likely N-dealkylation sites (N-methyl/N-ethyl adjacent to an activating group) is 1. The normalized spacial score (nSPS) is 12.0. The summed E-state index contributed by atoms with van der Waals surface area (Å²) in [5.41, 5.74) is 0.563. The zero-order chi connectivity index (χ0) is 27.2. The van der Waals surface area contributed by atoms with E-state index in [1.54, 1.807) is 62.4 Å². The van der Waals surface area contributed by atoms with Crippen molar-refractivity contribution in [2.24, 2.45) is 0 Å². The standard InChI is InChI=1S/C26H26Cl3N3O4S/c1-3-30-26(34)18(2)31(16-20-21(27)13-9-14-22(20)28)25(33)17-32(24-15-8-7-12-23(24)29)37(35,36)19-10-5-4-6-11-19/h4-15,18H,3,16-17H2,1-2H3,(H,30,34). The molecule has 7 nitrogen and oxygen atoms in total. The first-order valence-electron chi connectivity index (χ1n) is 11.4. The average Bonchev–Trinajstić information content (AvgIpc) is 2.88. The van der Waals surface area contributed by atoms with Gasteiger partial charge in [-0.15, -0.1) is 0 Å². The van der Waals surface area contributed by atoms with Crippen molar-refractivity contribution in [3.8, 4) is 0 Å². The highest BCUT2D eigenvalue weighted by molar-refractivity contribution is 7.92. The summed E-state index contributed by atoms with van der Waals surface area (Å²) < 4.78 is 28.3. The van der Waals surface area contributed by atoms with E-state index in [9.17, 15) is 18.0 Å². The predicted molar refractivity (Wildman–Crippen MR) is 148 cm³/mol. The molecule has 0 aromatic heterocycles. The first-order chi connectivity index (χ1) is 17.6. The van der Waals surface area contributed by atoms with E-state index in [2.05, 4.69) is 5.32 Å². The van der Waals surface area contributed by atoms with Crippen LogP contribution in [0.2, 0.25) is 15.1 Å². The molecule has 0 spiro atoms. The highest BCUT2D eigenvalue weighted by atomic mass is 35.5. The average molecular weight is 583 g/mol. The van der Waals surface area contributed by atoms with E-state index < -0.39 is 34.4 Å². The minimum atomic E-state index is -4.20. The van der Waals surface area contributed by atoms with Gasteiger partial charge in [-0.05, 0) is 50.2 Å². The molecule has 3 aromatic carbocycles.